The van der Waals surface area contributed by atoms with E-state index < -0.39 is 0 Å². The molecular formula is C11H20N2O2. The van der Waals surface area contributed by atoms with Crippen LogP contribution in [0.1, 0.15) is 13.8 Å². The number of ether oxygens (including phenoxy) is 1. The lowest BCUT2D eigenvalue weighted by molar-refractivity contribution is -0.137. The van der Waals surface area contributed by atoms with Gasteiger partial charge in [-0.3, -0.25) is 4.90 Å². The van der Waals surface area contributed by atoms with E-state index in [4.69, 9.17) is 4.74 Å². The first-order valence-corrected chi connectivity index (χ1v) is 5.52. The third-order valence-electron chi connectivity index (χ3n) is 2.52. The van der Waals surface area contributed by atoms with E-state index in [0.29, 0.717) is 12.6 Å². The van der Waals surface area contributed by atoms with Crippen LogP contribution in [0.15, 0.2) is 12.2 Å². The molecule has 1 aliphatic rings. The first kappa shape index (κ1) is 12.2. The summed E-state index contributed by atoms with van der Waals surface area (Å²) < 4.78 is 4.80. The zero-order valence-electron chi connectivity index (χ0n) is 9.53. The molecule has 1 N–H and O–H groups in total. The second-order valence-corrected chi connectivity index (χ2v) is 3.70. The van der Waals surface area contributed by atoms with Gasteiger partial charge in [0.05, 0.1) is 6.61 Å². The van der Waals surface area contributed by atoms with E-state index in [0.717, 1.165) is 26.2 Å². The lowest BCUT2D eigenvalue weighted by Crippen LogP contribution is -2.49. The summed E-state index contributed by atoms with van der Waals surface area (Å²) >= 11 is 0. The molecule has 1 aliphatic heterocycles. The second-order valence-electron chi connectivity index (χ2n) is 3.70. The summed E-state index contributed by atoms with van der Waals surface area (Å²) in [4.78, 5) is 13.4. The van der Waals surface area contributed by atoms with Crippen molar-refractivity contribution in [3.8, 4) is 0 Å². The summed E-state index contributed by atoms with van der Waals surface area (Å²) in [6, 6.07) is 0.533. The molecule has 0 amide bonds. The van der Waals surface area contributed by atoms with Crippen molar-refractivity contribution in [2.24, 2.45) is 0 Å². The normalized spacial score (nSPS) is 23.2. The molecule has 1 fully saturated rings. The van der Waals surface area contributed by atoms with E-state index in [-0.39, 0.29) is 5.97 Å². The van der Waals surface area contributed by atoms with Gasteiger partial charge in [0.15, 0.2) is 0 Å². The van der Waals surface area contributed by atoms with E-state index in [1.165, 1.54) is 6.08 Å². The molecule has 0 saturated carbocycles. The van der Waals surface area contributed by atoms with E-state index in [1.54, 1.807) is 0 Å². The molecule has 1 unspecified atom stereocenters. The zero-order valence-corrected chi connectivity index (χ0v) is 9.53. The van der Waals surface area contributed by atoms with Crippen LogP contribution in [0.25, 0.3) is 0 Å². The molecule has 0 aromatic heterocycles. The fourth-order valence-electron chi connectivity index (χ4n) is 1.63. The number of carbonyl (C=O) groups is 1. The SMILES string of the molecule is CCOC(=O)/C=C/CN1CCNCC1C. The number of rotatable bonds is 4. The minimum Gasteiger partial charge on any atom is -0.463 e. The molecule has 1 saturated heterocycles. The molecule has 0 aliphatic carbocycles. The van der Waals surface area contributed by atoms with E-state index in [1.807, 2.05) is 13.0 Å². The first-order chi connectivity index (χ1) is 7.24. The summed E-state index contributed by atoms with van der Waals surface area (Å²) in [5.74, 6) is -0.250. The van der Waals surface area contributed by atoms with Crippen LogP contribution in [-0.2, 0) is 9.53 Å². The van der Waals surface area contributed by atoms with Crippen molar-refractivity contribution in [2.75, 3.05) is 32.8 Å². The Morgan fingerprint density at radius 1 is 1.67 bits per heavy atom. The molecule has 15 heavy (non-hydrogen) atoms. The van der Waals surface area contributed by atoms with Gasteiger partial charge in [-0.25, -0.2) is 4.79 Å². The van der Waals surface area contributed by atoms with Crippen molar-refractivity contribution in [1.82, 2.24) is 10.2 Å². The molecule has 4 heteroatoms. The topological polar surface area (TPSA) is 41.6 Å². The summed E-state index contributed by atoms with van der Waals surface area (Å²) in [5.41, 5.74) is 0. The van der Waals surface area contributed by atoms with E-state index in [9.17, 15) is 4.79 Å². The van der Waals surface area contributed by atoms with Crippen LogP contribution in [0.5, 0.6) is 0 Å². The van der Waals surface area contributed by atoms with E-state index >= 15 is 0 Å². The van der Waals surface area contributed by atoms with Crippen molar-refractivity contribution in [2.45, 2.75) is 19.9 Å². The van der Waals surface area contributed by atoms with Crippen LogP contribution in [0.4, 0.5) is 0 Å². The molecule has 1 heterocycles. The van der Waals surface area contributed by atoms with Gasteiger partial charge in [-0.05, 0) is 13.8 Å². The van der Waals surface area contributed by atoms with Crippen LogP contribution in [0.2, 0.25) is 0 Å². The predicted octanol–water partition coefficient (Wildman–Crippen LogP) is 0.399. The zero-order chi connectivity index (χ0) is 11.1. The highest BCUT2D eigenvalue weighted by Gasteiger charge is 2.15. The molecule has 0 bridgehead atoms. The lowest BCUT2D eigenvalue weighted by atomic mass is 10.2. The maximum absolute atomic E-state index is 11.0. The Bertz CT molecular complexity index is 229. The maximum atomic E-state index is 11.0. The van der Waals surface area contributed by atoms with Gasteiger partial charge in [0.2, 0.25) is 0 Å². The fraction of sp³-hybridized carbons (Fsp3) is 0.727. The van der Waals surface area contributed by atoms with Gasteiger partial charge in [0.1, 0.15) is 0 Å². The number of nitrogens with one attached hydrogen (secondary N) is 1. The third-order valence-corrected chi connectivity index (χ3v) is 2.52. The largest absolute Gasteiger partial charge is 0.463 e. The highest BCUT2D eigenvalue weighted by molar-refractivity contribution is 5.81. The molecule has 86 valence electrons. The van der Waals surface area contributed by atoms with Crippen molar-refractivity contribution in [3.05, 3.63) is 12.2 Å². The summed E-state index contributed by atoms with van der Waals surface area (Å²) in [6.07, 6.45) is 3.39. The van der Waals surface area contributed by atoms with Crippen molar-refractivity contribution in [1.29, 1.82) is 0 Å². The second kappa shape index (κ2) is 6.58. The van der Waals surface area contributed by atoms with Crippen LogP contribution in [0, 0.1) is 0 Å². The predicted molar refractivity (Wildman–Crippen MR) is 59.7 cm³/mol. The van der Waals surface area contributed by atoms with Crippen LogP contribution < -0.4 is 5.32 Å². The fourth-order valence-corrected chi connectivity index (χ4v) is 1.63. The molecule has 1 rings (SSSR count). The lowest BCUT2D eigenvalue weighted by Gasteiger charge is -2.32. The smallest absolute Gasteiger partial charge is 0.330 e. The molecule has 0 aromatic carbocycles. The van der Waals surface area contributed by atoms with Crippen molar-refractivity contribution < 1.29 is 9.53 Å². The molecular weight excluding hydrogens is 192 g/mol. The number of hydrogen-bond donors (Lipinski definition) is 1. The Morgan fingerprint density at radius 3 is 3.13 bits per heavy atom. The van der Waals surface area contributed by atoms with Crippen LogP contribution in [0.3, 0.4) is 0 Å². The third kappa shape index (κ3) is 4.44. The average molecular weight is 212 g/mol. The Morgan fingerprint density at radius 2 is 2.47 bits per heavy atom. The molecule has 0 aromatic rings. The Balaban J connectivity index is 2.25. The number of esters is 1. The Hall–Kier alpha value is -0.870. The Kier molecular flexibility index (Phi) is 5.36. The highest BCUT2D eigenvalue weighted by atomic mass is 16.5. The van der Waals surface area contributed by atoms with Gasteiger partial charge in [-0.1, -0.05) is 6.08 Å². The maximum Gasteiger partial charge on any atom is 0.330 e. The average Bonchev–Trinajstić information content (AvgIpc) is 2.21. The molecule has 0 radical (unpaired) electrons. The number of carbonyl (C=O) groups excluding carboxylic acids is 1. The quantitative estimate of drug-likeness (QED) is 0.541. The van der Waals surface area contributed by atoms with Crippen LogP contribution in [-0.4, -0.2) is 49.7 Å². The van der Waals surface area contributed by atoms with Crippen molar-refractivity contribution >= 4 is 5.97 Å². The number of hydrogen-bond acceptors (Lipinski definition) is 4. The summed E-state index contributed by atoms with van der Waals surface area (Å²) in [6.45, 7) is 8.34. The minimum absolute atomic E-state index is 0.250. The van der Waals surface area contributed by atoms with Crippen LogP contribution >= 0.6 is 0 Å². The Labute approximate surface area is 91.3 Å². The number of nitrogens with zero attached hydrogens (tertiary/aromatic N) is 1. The first-order valence-electron chi connectivity index (χ1n) is 5.52. The van der Waals surface area contributed by atoms with Gasteiger partial charge in [-0.2, -0.15) is 0 Å². The van der Waals surface area contributed by atoms with Gasteiger partial charge in [0.25, 0.3) is 0 Å². The standard InChI is InChI=1S/C11H20N2O2/c1-3-15-11(14)5-4-7-13-8-6-12-9-10(13)2/h4-5,10,12H,3,6-9H2,1-2H3/b5-4+. The van der Waals surface area contributed by atoms with Gasteiger partial charge >= 0.3 is 5.97 Å². The minimum atomic E-state index is -0.250. The highest BCUT2D eigenvalue weighted by Crippen LogP contribution is 2.01. The van der Waals surface area contributed by atoms with Crippen molar-refractivity contribution in [3.63, 3.8) is 0 Å². The van der Waals surface area contributed by atoms with Gasteiger partial charge < -0.3 is 10.1 Å². The summed E-state index contributed by atoms with van der Waals surface area (Å²) in [5, 5.41) is 3.33. The molecule has 1 atom stereocenters. The molecule has 0 spiro atoms. The summed E-state index contributed by atoms with van der Waals surface area (Å²) in [7, 11) is 0. The number of piperazine rings is 1. The van der Waals surface area contributed by atoms with Gasteiger partial charge in [-0.15, -0.1) is 0 Å². The van der Waals surface area contributed by atoms with E-state index in [2.05, 4.69) is 17.1 Å². The molecule has 4 nitrogen and oxygen atoms in total. The van der Waals surface area contributed by atoms with Gasteiger partial charge in [0, 0.05) is 38.3 Å². The monoisotopic (exact) mass is 212 g/mol.